The van der Waals surface area contributed by atoms with Gasteiger partial charge < -0.3 is 10.2 Å². The van der Waals surface area contributed by atoms with E-state index in [9.17, 15) is 0 Å². The van der Waals surface area contributed by atoms with E-state index in [1.165, 1.54) is 6.33 Å². The lowest BCUT2D eigenvalue weighted by Gasteiger charge is -2.11. The third kappa shape index (κ3) is 2.77. The van der Waals surface area contributed by atoms with Crippen LogP contribution in [0, 0.1) is 0 Å². The molecule has 0 fully saturated rings. The molecule has 3 aromatic rings. The van der Waals surface area contributed by atoms with Gasteiger partial charge >= 0.3 is 0 Å². The highest BCUT2D eigenvalue weighted by Crippen LogP contribution is 2.27. The van der Waals surface area contributed by atoms with Crippen molar-refractivity contribution in [1.82, 2.24) is 34.9 Å². The Hall–Kier alpha value is -2.84. The molecule has 3 aromatic heterocycles. The summed E-state index contributed by atoms with van der Waals surface area (Å²) in [5.41, 5.74) is 6.55. The first-order valence-corrected chi connectivity index (χ1v) is 7.25. The Morgan fingerprint density at radius 2 is 2.00 bits per heavy atom. The van der Waals surface area contributed by atoms with E-state index in [0.717, 1.165) is 0 Å². The normalized spacial score (nSPS) is 11.8. The summed E-state index contributed by atoms with van der Waals surface area (Å²) in [6, 6.07) is 0. The summed E-state index contributed by atoms with van der Waals surface area (Å²) < 4.78 is 7.42. The number of aryl methyl sites for hydroxylation is 1. The van der Waals surface area contributed by atoms with Gasteiger partial charge in [0, 0.05) is 12.0 Å². The van der Waals surface area contributed by atoms with Crippen LogP contribution in [0.1, 0.15) is 33.6 Å². The lowest BCUT2D eigenvalue weighted by Crippen LogP contribution is -2.11. The zero-order valence-electron chi connectivity index (χ0n) is 13.5. The second-order valence-electron chi connectivity index (χ2n) is 6.05. The smallest absolute Gasteiger partial charge is 0.270 e. The standard InChI is InChI=1S/C14H18N8O/c1-5-22-11(17-7-18-22)8-6-16-10(15)9(19-8)12-20-21-13(23-12)14(2,3)4/h6-7H,5H2,1-4H3,(H2,15,16). The number of hydrogen-bond acceptors (Lipinski definition) is 8. The largest absolute Gasteiger partial charge is 0.419 e. The molecular formula is C14H18N8O. The maximum absolute atomic E-state index is 5.92. The van der Waals surface area contributed by atoms with E-state index in [0.29, 0.717) is 29.6 Å². The zero-order valence-corrected chi connectivity index (χ0v) is 13.5. The molecule has 9 nitrogen and oxygen atoms in total. The third-order valence-corrected chi connectivity index (χ3v) is 3.21. The fourth-order valence-corrected chi connectivity index (χ4v) is 1.98. The van der Waals surface area contributed by atoms with E-state index < -0.39 is 0 Å². The van der Waals surface area contributed by atoms with Gasteiger partial charge in [0.05, 0.1) is 6.20 Å². The van der Waals surface area contributed by atoms with Gasteiger partial charge in [-0.25, -0.2) is 19.6 Å². The van der Waals surface area contributed by atoms with Gasteiger partial charge in [0.25, 0.3) is 5.89 Å². The quantitative estimate of drug-likeness (QED) is 0.775. The Bertz CT molecular complexity index is 829. The fraction of sp³-hybridized carbons (Fsp3) is 0.429. The summed E-state index contributed by atoms with van der Waals surface area (Å²) in [4.78, 5) is 12.9. The summed E-state index contributed by atoms with van der Waals surface area (Å²) in [6.45, 7) is 8.60. The van der Waals surface area contributed by atoms with E-state index in [2.05, 4.69) is 30.2 Å². The Morgan fingerprint density at radius 1 is 1.22 bits per heavy atom. The summed E-state index contributed by atoms with van der Waals surface area (Å²) in [6.07, 6.45) is 3.02. The van der Waals surface area contributed by atoms with Gasteiger partial charge in [-0.3, -0.25) is 0 Å². The van der Waals surface area contributed by atoms with Crippen molar-refractivity contribution in [3.63, 3.8) is 0 Å². The van der Waals surface area contributed by atoms with Crippen molar-refractivity contribution < 1.29 is 4.42 Å². The highest BCUT2D eigenvalue weighted by molar-refractivity contribution is 5.65. The summed E-state index contributed by atoms with van der Waals surface area (Å²) in [7, 11) is 0. The fourth-order valence-electron chi connectivity index (χ4n) is 1.98. The zero-order chi connectivity index (χ0) is 16.6. The molecule has 9 heteroatoms. The average Bonchev–Trinajstić information content (AvgIpc) is 3.16. The number of rotatable bonds is 3. The van der Waals surface area contributed by atoms with Crippen molar-refractivity contribution in [2.75, 3.05) is 5.73 Å². The number of aromatic nitrogens is 7. The van der Waals surface area contributed by atoms with Crippen LogP contribution in [0.5, 0.6) is 0 Å². The molecule has 3 heterocycles. The number of nitrogen functional groups attached to an aromatic ring is 1. The molecule has 0 bridgehead atoms. The van der Waals surface area contributed by atoms with Crippen LogP contribution in [0.2, 0.25) is 0 Å². The number of nitrogens with two attached hydrogens (primary N) is 1. The lowest BCUT2D eigenvalue weighted by molar-refractivity contribution is 0.398. The van der Waals surface area contributed by atoms with E-state index >= 15 is 0 Å². The molecule has 2 N–H and O–H groups in total. The van der Waals surface area contributed by atoms with Crippen LogP contribution in [0.25, 0.3) is 23.1 Å². The first kappa shape index (κ1) is 15.1. The Kier molecular flexibility index (Phi) is 3.55. The molecule has 0 spiro atoms. The minimum Gasteiger partial charge on any atom is -0.419 e. The van der Waals surface area contributed by atoms with Crippen LogP contribution >= 0.6 is 0 Å². The maximum Gasteiger partial charge on any atom is 0.270 e. The summed E-state index contributed by atoms with van der Waals surface area (Å²) in [5.74, 6) is 1.58. The number of hydrogen-bond donors (Lipinski definition) is 1. The van der Waals surface area contributed by atoms with Gasteiger partial charge in [0.1, 0.15) is 12.0 Å². The summed E-state index contributed by atoms with van der Waals surface area (Å²) in [5, 5.41) is 12.2. The van der Waals surface area contributed by atoms with Crippen LogP contribution in [0.15, 0.2) is 16.9 Å². The van der Waals surface area contributed by atoms with Crippen molar-refractivity contribution >= 4 is 5.82 Å². The van der Waals surface area contributed by atoms with Crippen LogP contribution in [-0.2, 0) is 12.0 Å². The van der Waals surface area contributed by atoms with E-state index in [1.807, 2.05) is 27.7 Å². The van der Waals surface area contributed by atoms with E-state index in [1.54, 1.807) is 10.9 Å². The first-order chi connectivity index (χ1) is 10.9. The molecule has 0 aliphatic carbocycles. The minimum absolute atomic E-state index is 0.223. The van der Waals surface area contributed by atoms with Gasteiger partial charge in [-0.1, -0.05) is 20.8 Å². The molecule has 0 amide bonds. The highest BCUT2D eigenvalue weighted by atomic mass is 16.4. The van der Waals surface area contributed by atoms with Crippen LogP contribution in [0.3, 0.4) is 0 Å². The molecular weight excluding hydrogens is 296 g/mol. The molecule has 0 atom stereocenters. The molecule has 3 rings (SSSR count). The van der Waals surface area contributed by atoms with Gasteiger partial charge in [-0.15, -0.1) is 10.2 Å². The van der Waals surface area contributed by atoms with E-state index in [-0.39, 0.29) is 17.1 Å². The maximum atomic E-state index is 5.92. The molecule has 0 aliphatic rings. The monoisotopic (exact) mass is 314 g/mol. The lowest BCUT2D eigenvalue weighted by atomic mass is 9.97. The van der Waals surface area contributed by atoms with Crippen molar-refractivity contribution in [2.45, 2.75) is 39.7 Å². The van der Waals surface area contributed by atoms with Crippen LogP contribution < -0.4 is 5.73 Å². The van der Waals surface area contributed by atoms with Crippen LogP contribution in [-0.4, -0.2) is 34.9 Å². The average molecular weight is 314 g/mol. The minimum atomic E-state index is -0.257. The molecule has 0 saturated carbocycles. The second-order valence-corrected chi connectivity index (χ2v) is 6.05. The number of anilines is 1. The Morgan fingerprint density at radius 3 is 2.65 bits per heavy atom. The molecule has 0 aromatic carbocycles. The first-order valence-electron chi connectivity index (χ1n) is 7.25. The third-order valence-electron chi connectivity index (χ3n) is 3.21. The van der Waals surface area contributed by atoms with E-state index in [4.69, 9.17) is 10.2 Å². The molecule has 0 aliphatic heterocycles. The molecule has 0 unspecified atom stereocenters. The van der Waals surface area contributed by atoms with Crippen LogP contribution in [0.4, 0.5) is 5.82 Å². The highest BCUT2D eigenvalue weighted by Gasteiger charge is 2.24. The van der Waals surface area contributed by atoms with Gasteiger partial charge in [0.15, 0.2) is 17.3 Å². The predicted molar refractivity (Wildman–Crippen MR) is 83.1 cm³/mol. The molecule has 120 valence electrons. The molecule has 23 heavy (non-hydrogen) atoms. The van der Waals surface area contributed by atoms with Gasteiger partial charge in [-0.05, 0) is 6.92 Å². The van der Waals surface area contributed by atoms with Crippen molar-refractivity contribution in [1.29, 1.82) is 0 Å². The SMILES string of the molecule is CCn1ncnc1-c1cnc(N)c(-c2nnc(C(C)(C)C)o2)n1. The molecule has 0 radical (unpaired) electrons. The van der Waals surface area contributed by atoms with Gasteiger partial charge in [0.2, 0.25) is 5.89 Å². The molecule has 0 saturated heterocycles. The van der Waals surface area contributed by atoms with Crippen molar-refractivity contribution in [3.05, 3.63) is 18.4 Å². The Labute approximate surface area is 133 Å². The predicted octanol–water partition coefficient (Wildman–Crippen LogP) is 1.68. The summed E-state index contributed by atoms with van der Waals surface area (Å²) >= 11 is 0. The Balaban J connectivity index is 2.07. The second kappa shape index (κ2) is 5.41. The number of nitrogens with zero attached hydrogens (tertiary/aromatic N) is 7. The van der Waals surface area contributed by atoms with Crippen molar-refractivity contribution in [3.8, 4) is 23.1 Å². The van der Waals surface area contributed by atoms with Gasteiger partial charge in [-0.2, -0.15) is 5.10 Å². The topological polar surface area (TPSA) is 121 Å². The van der Waals surface area contributed by atoms with Crippen molar-refractivity contribution in [2.24, 2.45) is 0 Å².